The molecule has 0 N–H and O–H groups in total. The van der Waals surface area contributed by atoms with Crippen molar-refractivity contribution in [2.24, 2.45) is 0 Å². The Labute approximate surface area is 293 Å². The first kappa shape index (κ1) is 29.6. The summed E-state index contributed by atoms with van der Waals surface area (Å²) in [7, 11) is -1.73. The maximum atomic E-state index is 6.99. The van der Waals surface area contributed by atoms with Gasteiger partial charge >= 0.3 is 11.5 Å². The van der Waals surface area contributed by atoms with Gasteiger partial charge in [-0.3, -0.25) is 0 Å². The number of hydrogen-bond donors (Lipinski definition) is 0. The van der Waals surface area contributed by atoms with E-state index in [1.165, 1.54) is 72.1 Å². The Bertz CT molecular complexity index is 2790. The van der Waals surface area contributed by atoms with Crippen LogP contribution in [0.4, 0.5) is 0 Å². The van der Waals surface area contributed by atoms with Crippen molar-refractivity contribution < 1.29 is 13.6 Å². The molecule has 1 unspecified atom stereocenters. The third-order valence-corrected chi connectivity index (χ3v) is 13.5. The highest BCUT2D eigenvalue weighted by molar-refractivity contribution is 6.88. The summed E-state index contributed by atoms with van der Waals surface area (Å²) >= 11 is 0. The lowest BCUT2D eigenvalue weighted by atomic mass is 9.88. The first-order valence-electron chi connectivity index (χ1n) is 17.8. The van der Waals surface area contributed by atoms with E-state index in [1.807, 2.05) is 0 Å². The van der Waals surface area contributed by atoms with E-state index >= 15 is 0 Å². The number of aryl methyl sites for hydroxylation is 5. The lowest BCUT2D eigenvalue weighted by Gasteiger charge is -2.23. The van der Waals surface area contributed by atoms with Crippen LogP contribution in [-0.2, 0) is 5.66 Å². The second-order valence-electron chi connectivity index (χ2n) is 15.8. The standard InChI is InChI=1S/C45H41N3OSi/c1-26-17-18-33-35(23-26)45(46-25-40(50(6,7)8)28(3)24-38(33)46)34-20-19-32-31-13-9-12-16-39(31)49-43(32)41(34)44-47(36-14-10-11-15-37(36)48(44)45)42-29(4)21-27(2)22-30(42)5/h9-25H,1-8H3/q+2. The van der Waals surface area contributed by atoms with Crippen molar-refractivity contribution in [1.82, 2.24) is 4.57 Å². The molecule has 1 atom stereocenters. The highest BCUT2D eigenvalue weighted by Crippen LogP contribution is 2.52. The van der Waals surface area contributed by atoms with Crippen LogP contribution in [0.25, 0.3) is 61.3 Å². The van der Waals surface area contributed by atoms with Gasteiger partial charge in [-0.15, -0.1) is 9.13 Å². The summed E-state index contributed by atoms with van der Waals surface area (Å²) in [5.74, 6) is 1.16. The number of imidazole rings is 1. The van der Waals surface area contributed by atoms with Crippen molar-refractivity contribution >= 4 is 46.2 Å². The SMILES string of the molecule is Cc1cc(C)c(-n2c3[n+](c4ccccc42)C2(c4cc(C)ccc4-c4cc(C)c([Si](C)(C)C)c[n+]42)c2ccc4c(oc5ccccc54)c2-3)c(C)c1. The van der Waals surface area contributed by atoms with Crippen molar-refractivity contribution in [3.05, 3.63) is 142 Å². The zero-order valence-corrected chi connectivity index (χ0v) is 31.1. The van der Waals surface area contributed by atoms with Gasteiger partial charge in [0.05, 0.1) is 24.8 Å². The van der Waals surface area contributed by atoms with Crippen LogP contribution in [0.15, 0.2) is 108 Å². The molecule has 1 spiro atoms. The number of aromatic nitrogens is 3. The quantitative estimate of drug-likeness (QED) is 0.133. The van der Waals surface area contributed by atoms with E-state index in [0.717, 1.165) is 33.3 Å². The molecule has 10 rings (SSSR count). The van der Waals surface area contributed by atoms with Crippen LogP contribution in [0.1, 0.15) is 38.9 Å². The van der Waals surface area contributed by atoms with Crippen molar-refractivity contribution in [1.29, 1.82) is 0 Å². The molecule has 0 bridgehead atoms. The number of benzene rings is 5. The van der Waals surface area contributed by atoms with E-state index < -0.39 is 13.7 Å². The van der Waals surface area contributed by atoms with Gasteiger partial charge in [0.2, 0.25) is 5.69 Å². The van der Waals surface area contributed by atoms with Crippen LogP contribution >= 0.6 is 0 Å². The molecule has 0 fully saturated rings. The predicted molar refractivity (Wildman–Crippen MR) is 206 cm³/mol. The Balaban J connectivity index is 1.50. The van der Waals surface area contributed by atoms with Crippen molar-refractivity contribution in [3.63, 3.8) is 0 Å². The maximum absolute atomic E-state index is 6.99. The highest BCUT2D eigenvalue weighted by Gasteiger charge is 2.67. The van der Waals surface area contributed by atoms with Crippen molar-refractivity contribution in [3.8, 4) is 28.3 Å². The largest absolute Gasteiger partial charge is 0.455 e. The van der Waals surface area contributed by atoms with Gasteiger partial charge in [-0.1, -0.05) is 79.3 Å². The molecule has 4 nitrogen and oxygen atoms in total. The number of pyridine rings is 1. The van der Waals surface area contributed by atoms with Crippen LogP contribution in [0.3, 0.4) is 0 Å². The van der Waals surface area contributed by atoms with Gasteiger partial charge in [0.25, 0.3) is 0 Å². The monoisotopic (exact) mass is 667 g/mol. The minimum atomic E-state index is -1.73. The minimum absolute atomic E-state index is 0.673. The van der Waals surface area contributed by atoms with E-state index in [9.17, 15) is 0 Å². The fraction of sp³-hybridized carbons (Fsp3) is 0.200. The number of hydrogen-bond acceptors (Lipinski definition) is 1. The first-order chi connectivity index (χ1) is 24.0. The zero-order chi connectivity index (χ0) is 34.4. The Morgan fingerprint density at radius 3 is 2.20 bits per heavy atom. The molecule has 0 saturated heterocycles. The van der Waals surface area contributed by atoms with E-state index in [0.29, 0.717) is 0 Å². The average molecular weight is 668 g/mol. The van der Waals surface area contributed by atoms with Gasteiger partial charge < -0.3 is 4.42 Å². The summed E-state index contributed by atoms with van der Waals surface area (Å²) in [5, 5.41) is 3.78. The molecule has 2 aliphatic rings. The van der Waals surface area contributed by atoms with Crippen LogP contribution in [0.2, 0.25) is 19.6 Å². The van der Waals surface area contributed by atoms with E-state index in [2.05, 4.69) is 171 Å². The molecule has 8 aromatic rings. The molecule has 0 amide bonds. The number of fused-ring (bicyclic) bond motifs is 16. The molecule has 50 heavy (non-hydrogen) atoms. The van der Waals surface area contributed by atoms with E-state index in [-0.39, 0.29) is 0 Å². The molecule has 5 heteroatoms. The van der Waals surface area contributed by atoms with Gasteiger partial charge in [0.15, 0.2) is 22.8 Å². The third kappa shape index (κ3) is 3.55. The predicted octanol–water partition coefficient (Wildman–Crippen LogP) is 9.45. The molecule has 5 aromatic carbocycles. The number of nitrogens with zero attached hydrogens (tertiary/aromatic N) is 3. The molecular weight excluding hydrogens is 627 g/mol. The van der Waals surface area contributed by atoms with Gasteiger partial charge in [-0.25, -0.2) is 0 Å². The average Bonchev–Trinajstić information content (AvgIpc) is 3.77. The summed E-state index contributed by atoms with van der Waals surface area (Å²) in [5.41, 5.74) is 17.5. The van der Waals surface area contributed by atoms with Gasteiger partial charge in [0, 0.05) is 22.0 Å². The van der Waals surface area contributed by atoms with E-state index in [1.54, 1.807) is 0 Å². The Kier molecular flexibility index (Phi) is 5.75. The zero-order valence-electron chi connectivity index (χ0n) is 30.1. The maximum Gasteiger partial charge on any atom is 0.364 e. The lowest BCUT2D eigenvalue weighted by molar-refractivity contribution is -0.944. The molecule has 2 aliphatic heterocycles. The Morgan fingerprint density at radius 2 is 1.42 bits per heavy atom. The summed E-state index contributed by atoms with van der Waals surface area (Å²) in [6.07, 6.45) is 2.52. The lowest BCUT2D eigenvalue weighted by Crippen LogP contribution is -2.72. The fourth-order valence-corrected chi connectivity index (χ4v) is 11.4. The summed E-state index contributed by atoms with van der Waals surface area (Å²) in [4.78, 5) is 0. The molecule has 244 valence electrons. The molecule has 0 radical (unpaired) electrons. The van der Waals surface area contributed by atoms with Crippen LogP contribution < -0.4 is 14.3 Å². The molecule has 3 aromatic heterocycles. The molecule has 0 saturated carbocycles. The minimum Gasteiger partial charge on any atom is -0.455 e. The van der Waals surface area contributed by atoms with Gasteiger partial charge in [-0.2, -0.15) is 4.57 Å². The molecular formula is C45H41N3OSi+2. The molecule has 5 heterocycles. The number of para-hydroxylation sites is 3. The highest BCUT2D eigenvalue weighted by atomic mass is 28.3. The van der Waals surface area contributed by atoms with Crippen molar-refractivity contribution in [2.75, 3.05) is 0 Å². The topological polar surface area (TPSA) is 25.8 Å². The Morgan fingerprint density at radius 1 is 0.680 bits per heavy atom. The third-order valence-electron chi connectivity index (χ3n) is 11.4. The summed E-state index contributed by atoms with van der Waals surface area (Å²) in [6, 6.07) is 36.4. The number of rotatable bonds is 2. The van der Waals surface area contributed by atoms with Crippen LogP contribution in [0, 0.1) is 34.6 Å². The smallest absolute Gasteiger partial charge is 0.364 e. The van der Waals surface area contributed by atoms with E-state index in [4.69, 9.17) is 4.42 Å². The first-order valence-corrected chi connectivity index (χ1v) is 21.3. The summed E-state index contributed by atoms with van der Waals surface area (Å²) in [6.45, 7) is 18.7. The van der Waals surface area contributed by atoms with Crippen molar-refractivity contribution in [2.45, 2.75) is 59.9 Å². The van der Waals surface area contributed by atoms with Crippen LogP contribution in [-0.4, -0.2) is 12.6 Å². The molecule has 0 aliphatic carbocycles. The van der Waals surface area contributed by atoms with Gasteiger partial charge in [-0.05, 0) is 93.8 Å². The van der Waals surface area contributed by atoms with Crippen LogP contribution in [0.5, 0.6) is 0 Å². The summed E-state index contributed by atoms with van der Waals surface area (Å²) < 4.78 is 14.8. The normalized spacial score (nSPS) is 16.1. The second-order valence-corrected chi connectivity index (χ2v) is 20.8. The second kappa shape index (κ2) is 9.70. The van der Waals surface area contributed by atoms with Gasteiger partial charge in [0.1, 0.15) is 16.8 Å². The fourth-order valence-electron chi connectivity index (χ4n) is 9.61. The number of furan rings is 1. The Hall–Kier alpha value is -5.26.